The summed E-state index contributed by atoms with van der Waals surface area (Å²) in [6, 6.07) is 15.9. The predicted molar refractivity (Wildman–Crippen MR) is 99.2 cm³/mol. The quantitative estimate of drug-likeness (QED) is 0.698. The maximum Gasteiger partial charge on any atom is 0.347 e. The first-order valence-electron chi connectivity index (χ1n) is 7.80. The summed E-state index contributed by atoms with van der Waals surface area (Å²) in [5, 5.41) is 12.5. The van der Waals surface area contributed by atoms with Gasteiger partial charge in [0, 0.05) is 17.1 Å². The second-order valence-corrected chi connectivity index (χ2v) is 6.85. The SMILES string of the molecule is CSc1cccc(NCCc2ccc(OC(C)(C)C(=O)O)cc2)c1. The lowest BCUT2D eigenvalue weighted by Crippen LogP contribution is -2.37. The molecule has 0 saturated carbocycles. The Labute approximate surface area is 147 Å². The number of aliphatic carboxylic acids is 1. The molecule has 2 N–H and O–H groups in total. The number of rotatable bonds is 8. The molecule has 5 heteroatoms. The molecule has 0 unspecified atom stereocenters. The van der Waals surface area contributed by atoms with Gasteiger partial charge in [0.2, 0.25) is 0 Å². The molecule has 0 bridgehead atoms. The number of anilines is 1. The third kappa shape index (κ3) is 5.20. The minimum Gasteiger partial charge on any atom is -0.478 e. The Morgan fingerprint density at radius 2 is 1.92 bits per heavy atom. The number of nitrogens with one attached hydrogen (secondary N) is 1. The lowest BCUT2D eigenvalue weighted by atomic mass is 10.1. The topological polar surface area (TPSA) is 58.6 Å². The zero-order valence-corrected chi connectivity index (χ0v) is 15.0. The van der Waals surface area contributed by atoms with Crippen molar-refractivity contribution in [3.8, 4) is 5.75 Å². The van der Waals surface area contributed by atoms with Gasteiger partial charge in [-0.25, -0.2) is 4.79 Å². The lowest BCUT2D eigenvalue weighted by Gasteiger charge is -2.21. The molecule has 0 aromatic heterocycles. The number of hydrogen-bond acceptors (Lipinski definition) is 4. The first-order chi connectivity index (χ1) is 11.4. The molecule has 4 nitrogen and oxygen atoms in total. The summed E-state index contributed by atoms with van der Waals surface area (Å²) in [6.07, 6.45) is 2.94. The van der Waals surface area contributed by atoms with E-state index in [0.717, 1.165) is 18.7 Å². The van der Waals surface area contributed by atoms with Crippen LogP contribution in [0.2, 0.25) is 0 Å². The highest BCUT2D eigenvalue weighted by Gasteiger charge is 2.29. The molecule has 2 aromatic carbocycles. The second kappa shape index (κ2) is 8.11. The standard InChI is InChI=1S/C19H23NO3S/c1-19(2,18(21)22)23-16-9-7-14(8-10-16)11-12-20-15-5-4-6-17(13-15)24-3/h4-10,13,20H,11-12H2,1-3H3,(H,21,22). The number of carboxylic acid groups (broad SMARTS) is 1. The van der Waals surface area contributed by atoms with Gasteiger partial charge < -0.3 is 15.2 Å². The molecule has 0 aliphatic carbocycles. The van der Waals surface area contributed by atoms with E-state index >= 15 is 0 Å². The molecule has 0 fully saturated rings. The van der Waals surface area contributed by atoms with E-state index in [9.17, 15) is 4.79 Å². The van der Waals surface area contributed by atoms with Crippen LogP contribution < -0.4 is 10.1 Å². The van der Waals surface area contributed by atoms with Crippen molar-refractivity contribution in [3.05, 3.63) is 54.1 Å². The molecule has 0 radical (unpaired) electrons. The second-order valence-electron chi connectivity index (χ2n) is 5.97. The molecule has 24 heavy (non-hydrogen) atoms. The van der Waals surface area contributed by atoms with Crippen LogP contribution >= 0.6 is 11.8 Å². The van der Waals surface area contributed by atoms with E-state index in [1.54, 1.807) is 11.8 Å². The molecule has 0 saturated heterocycles. The smallest absolute Gasteiger partial charge is 0.347 e. The van der Waals surface area contributed by atoms with E-state index < -0.39 is 11.6 Å². The van der Waals surface area contributed by atoms with Gasteiger partial charge in [0.05, 0.1) is 0 Å². The highest BCUT2D eigenvalue weighted by molar-refractivity contribution is 7.98. The largest absolute Gasteiger partial charge is 0.478 e. The average molecular weight is 345 g/mol. The van der Waals surface area contributed by atoms with Crippen molar-refractivity contribution in [1.82, 2.24) is 0 Å². The van der Waals surface area contributed by atoms with Crippen LogP contribution in [-0.4, -0.2) is 29.5 Å². The minimum atomic E-state index is -1.23. The van der Waals surface area contributed by atoms with Crippen molar-refractivity contribution in [2.75, 3.05) is 18.1 Å². The van der Waals surface area contributed by atoms with Crippen molar-refractivity contribution >= 4 is 23.4 Å². The van der Waals surface area contributed by atoms with Crippen molar-refractivity contribution in [2.45, 2.75) is 30.8 Å². The van der Waals surface area contributed by atoms with Gasteiger partial charge in [-0.15, -0.1) is 11.8 Å². The summed E-state index contributed by atoms with van der Waals surface area (Å²) in [5.74, 6) is -0.421. The van der Waals surface area contributed by atoms with Crippen LogP contribution in [0.15, 0.2) is 53.4 Å². The van der Waals surface area contributed by atoms with Gasteiger partial charge >= 0.3 is 5.97 Å². The Bertz CT molecular complexity index is 683. The van der Waals surface area contributed by atoms with Gasteiger partial charge in [-0.1, -0.05) is 18.2 Å². The molecule has 0 amide bonds. The van der Waals surface area contributed by atoms with Gasteiger partial charge in [-0.3, -0.25) is 0 Å². The van der Waals surface area contributed by atoms with E-state index in [0.29, 0.717) is 5.75 Å². The summed E-state index contributed by atoms with van der Waals surface area (Å²) in [6.45, 7) is 3.91. The Balaban J connectivity index is 1.86. The fraction of sp³-hybridized carbons (Fsp3) is 0.316. The number of carboxylic acids is 1. The fourth-order valence-electron chi connectivity index (χ4n) is 2.15. The zero-order chi connectivity index (χ0) is 17.6. The van der Waals surface area contributed by atoms with Crippen LogP contribution in [0.4, 0.5) is 5.69 Å². The number of benzene rings is 2. The van der Waals surface area contributed by atoms with E-state index in [2.05, 4.69) is 29.8 Å². The maximum atomic E-state index is 11.1. The fourth-order valence-corrected chi connectivity index (χ4v) is 2.61. The van der Waals surface area contributed by atoms with E-state index in [4.69, 9.17) is 9.84 Å². The number of carbonyl (C=O) groups is 1. The predicted octanol–water partition coefficient (Wildman–Crippen LogP) is 4.31. The summed E-state index contributed by atoms with van der Waals surface area (Å²) >= 11 is 1.73. The van der Waals surface area contributed by atoms with Crippen LogP contribution in [0.1, 0.15) is 19.4 Å². The summed E-state index contributed by atoms with van der Waals surface area (Å²) < 4.78 is 5.50. The summed E-state index contributed by atoms with van der Waals surface area (Å²) in [7, 11) is 0. The first-order valence-corrected chi connectivity index (χ1v) is 9.02. The normalized spacial score (nSPS) is 11.1. The molecule has 0 atom stereocenters. The van der Waals surface area contributed by atoms with E-state index in [1.165, 1.54) is 24.3 Å². The highest BCUT2D eigenvalue weighted by atomic mass is 32.2. The molecule has 2 aromatic rings. The number of ether oxygens (including phenoxy) is 1. The third-order valence-electron chi connectivity index (χ3n) is 3.62. The van der Waals surface area contributed by atoms with Crippen molar-refractivity contribution < 1.29 is 14.6 Å². The number of hydrogen-bond donors (Lipinski definition) is 2. The molecule has 0 heterocycles. The Hall–Kier alpha value is -2.14. The zero-order valence-electron chi connectivity index (χ0n) is 14.2. The molecule has 128 valence electrons. The minimum absolute atomic E-state index is 0.562. The highest BCUT2D eigenvalue weighted by Crippen LogP contribution is 2.20. The first kappa shape index (κ1) is 18.2. The monoisotopic (exact) mass is 345 g/mol. The van der Waals surface area contributed by atoms with E-state index in [1.807, 2.05) is 30.3 Å². The van der Waals surface area contributed by atoms with Gasteiger partial charge in [-0.05, 0) is 62.4 Å². The van der Waals surface area contributed by atoms with Crippen molar-refractivity contribution in [3.63, 3.8) is 0 Å². The molecule has 0 aliphatic heterocycles. The van der Waals surface area contributed by atoms with Crippen LogP contribution in [-0.2, 0) is 11.2 Å². The van der Waals surface area contributed by atoms with Gasteiger partial charge in [0.15, 0.2) is 5.60 Å². The van der Waals surface area contributed by atoms with Crippen LogP contribution in [0.5, 0.6) is 5.75 Å². The molecule has 0 aliphatic rings. The Kier molecular flexibility index (Phi) is 6.15. The Morgan fingerprint density at radius 1 is 1.21 bits per heavy atom. The van der Waals surface area contributed by atoms with Gasteiger partial charge in [-0.2, -0.15) is 0 Å². The Morgan fingerprint density at radius 3 is 2.54 bits per heavy atom. The van der Waals surface area contributed by atoms with Crippen LogP contribution in [0.3, 0.4) is 0 Å². The molecule has 2 rings (SSSR count). The van der Waals surface area contributed by atoms with Crippen molar-refractivity contribution in [1.29, 1.82) is 0 Å². The van der Waals surface area contributed by atoms with Gasteiger partial charge in [0.25, 0.3) is 0 Å². The molecular weight excluding hydrogens is 322 g/mol. The third-order valence-corrected chi connectivity index (χ3v) is 4.35. The summed E-state index contributed by atoms with van der Waals surface area (Å²) in [5.41, 5.74) is 1.06. The maximum absolute atomic E-state index is 11.1. The van der Waals surface area contributed by atoms with Crippen LogP contribution in [0.25, 0.3) is 0 Å². The number of thioether (sulfide) groups is 1. The molecule has 0 spiro atoms. The van der Waals surface area contributed by atoms with Crippen LogP contribution in [0, 0.1) is 0 Å². The van der Waals surface area contributed by atoms with Gasteiger partial charge in [0.1, 0.15) is 5.75 Å². The average Bonchev–Trinajstić information content (AvgIpc) is 2.56. The van der Waals surface area contributed by atoms with Crippen molar-refractivity contribution in [2.24, 2.45) is 0 Å². The lowest BCUT2D eigenvalue weighted by molar-refractivity contribution is -0.152. The molecular formula is C19H23NO3S. The van der Waals surface area contributed by atoms with E-state index in [-0.39, 0.29) is 0 Å². The summed E-state index contributed by atoms with van der Waals surface area (Å²) in [4.78, 5) is 12.3.